The summed E-state index contributed by atoms with van der Waals surface area (Å²) < 4.78 is 0. The van der Waals surface area contributed by atoms with Crippen molar-refractivity contribution in [3.8, 4) is 0 Å². The minimum Gasteiger partial charge on any atom is -0.359 e. The van der Waals surface area contributed by atoms with E-state index in [-0.39, 0.29) is 18.4 Å². The third-order valence-electron chi connectivity index (χ3n) is 3.45. The summed E-state index contributed by atoms with van der Waals surface area (Å²) in [6, 6.07) is 9.12. The lowest BCUT2D eigenvalue weighted by molar-refractivity contribution is -0.120. The molecular formula is C15H20N4O2S. The summed E-state index contributed by atoms with van der Waals surface area (Å²) in [5.41, 5.74) is 5.61. The van der Waals surface area contributed by atoms with Gasteiger partial charge in [-0.2, -0.15) is 0 Å². The lowest BCUT2D eigenvalue weighted by Gasteiger charge is -2.16. The smallest absolute Gasteiger partial charge is 0.257 e. The molecule has 7 heteroatoms. The Bertz CT molecular complexity index is 530. The second-order valence-corrected chi connectivity index (χ2v) is 5.58. The molecule has 1 aromatic carbocycles. The summed E-state index contributed by atoms with van der Waals surface area (Å²) in [6.45, 7) is -0.118. The zero-order valence-corrected chi connectivity index (χ0v) is 13.0. The summed E-state index contributed by atoms with van der Waals surface area (Å²) in [4.78, 5) is 23.4. The Balaban J connectivity index is 1.63. The van der Waals surface area contributed by atoms with Crippen molar-refractivity contribution in [2.24, 2.45) is 0 Å². The van der Waals surface area contributed by atoms with E-state index in [0.29, 0.717) is 16.7 Å². The Morgan fingerprint density at radius 3 is 2.45 bits per heavy atom. The van der Waals surface area contributed by atoms with Gasteiger partial charge in [0, 0.05) is 11.6 Å². The van der Waals surface area contributed by atoms with Gasteiger partial charge in [-0.1, -0.05) is 31.0 Å². The molecule has 4 N–H and O–H groups in total. The molecule has 0 atom stereocenters. The Hall–Kier alpha value is -2.15. The lowest BCUT2D eigenvalue weighted by Crippen LogP contribution is -2.51. The Morgan fingerprint density at radius 2 is 1.77 bits per heavy atom. The second-order valence-electron chi connectivity index (χ2n) is 5.18. The van der Waals surface area contributed by atoms with Crippen LogP contribution in [0, 0.1) is 0 Å². The Kier molecular flexibility index (Phi) is 6.14. The zero-order chi connectivity index (χ0) is 15.8. The van der Waals surface area contributed by atoms with Gasteiger partial charge >= 0.3 is 0 Å². The molecule has 1 aromatic rings. The topological polar surface area (TPSA) is 82.3 Å². The van der Waals surface area contributed by atoms with Crippen LogP contribution in [0.5, 0.6) is 0 Å². The molecule has 0 unspecified atom stereocenters. The molecule has 2 rings (SSSR count). The fourth-order valence-corrected chi connectivity index (χ4v) is 2.53. The first-order chi connectivity index (χ1) is 10.6. The van der Waals surface area contributed by atoms with Crippen LogP contribution in [0.25, 0.3) is 0 Å². The van der Waals surface area contributed by atoms with Gasteiger partial charge < -0.3 is 10.6 Å². The van der Waals surface area contributed by atoms with Gasteiger partial charge in [0.15, 0.2) is 5.11 Å². The molecule has 0 aromatic heterocycles. The van der Waals surface area contributed by atoms with Gasteiger partial charge in [0.25, 0.3) is 11.8 Å². The van der Waals surface area contributed by atoms with Crippen molar-refractivity contribution in [1.29, 1.82) is 0 Å². The van der Waals surface area contributed by atoms with E-state index in [0.717, 1.165) is 12.8 Å². The van der Waals surface area contributed by atoms with Crippen molar-refractivity contribution >= 4 is 29.1 Å². The molecule has 118 valence electrons. The summed E-state index contributed by atoms with van der Waals surface area (Å²) in [7, 11) is 0. The molecule has 0 saturated heterocycles. The van der Waals surface area contributed by atoms with Gasteiger partial charge in [0.1, 0.15) is 0 Å². The van der Waals surface area contributed by atoms with E-state index in [1.807, 2.05) is 6.07 Å². The molecule has 0 bridgehead atoms. The second kappa shape index (κ2) is 8.33. The number of hydrogen-bond donors (Lipinski definition) is 4. The fraction of sp³-hybridized carbons (Fsp3) is 0.400. The molecule has 1 aliphatic rings. The monoisotopic (exact) mass is 320 g/mol. The van der Waals surface area contributed by atoms with Crippen molar-refractivity contribution in [3.63, 3.8) is 0 Å². The van der Waals surface area contributed by atoms with Crippen molar-refractivity contribution in [2.75, 3.05) is 6.54 Å². The first kappa shape index (κ1) is 16.2. The molecule has 1 saturated carbocycles. The molecule has 2 amide bonds. The molecule has 0 heterocycles. The van der Waals surface area contributed by atoms with E-state index < -0.39 is 0 Å². The molecule has 0 aliphatic heterocycles. The van der Waals surface area contributed by atoms with Gasteiger partial charge in [-0.15, -0.1) is 0 Å². The van der Waals surface area contributed by atoms with Crippen molar-refractivity contribution in [3.05, 3.63) is 35.9 Å². The number of carbonyl (C=O) groups excluding carboxylic acids is 2. The van der Waals surface area contributed by atoms with E-state index in [9.17, 15) is 9.59 Å². The van der Waals surface area contributed by atoms with Gasteiger partial charge in [-0.05, 0) is 37.2 Å². The van der Waals surface area contributed by atoms with Crippen LogP contribution >= 0.6 is 12.2 Å². The average Bonchev–Trinajstić information content (AvgIpc) is 3.04. The van der Waals surface area contributed by atoms with Crippen LogP contribution in [-0.2, 0) is 4.79 Å². The summed E-state index contributed by atoms with van der Waals surface area (Å²) in [5.74, 6) is -0.651. The lowest BCUT2D eigenvalue weighted by atomic mass is 10.2. The molecule has 0 spiro atoms. The first-order valence-electron chi connectivity index (χ1n) is 7.34. The number of amides is 2. The Morgan fingerprint density at radius 1 is 1.09 bits per heavy atom. The third kappa shape index (κ3) is 5.33. The number of benzene rings is 1. The van der Waals surface area contributed by atoms with E-state index in [1.165, 1.54) is 12.8 Å². The summed E-state index contributed by atoms with van der Waals surface area (Å²) in [6.07, 6.45) is 4.61. The Labute approximate surface area is 135 Å². The van der Waals surface area contributed by atoms with E-state index in [2.05, 4.69) is 21.5 Å². The predicted molar refractivity (Wildman–Crippen MR) is 88.0 cm³/mol. The molecule has 1 aliphatic carbocycles. The standard InChI is InChI=1S/C15H20N4O2S/c20-13(10-16-14(21)11-6-2-1-3-7-11)18-19-15(22)17-12-8-4-5-9-12/h1-3,6-7,12H,4-5,8-10H2,(H,16,21)(H,18,20)(H2,17,19,22). The molecule has 1 fully saturated rings. The highest BCUT2D eigenvalue weighted by molar-refractivity contribution is 7.80. The highest BCUT2D eigenvalue weighted by Crippen LogP contribution is 2.17. The van der Waals surface area contributed by atoms with Crippen LogP contribution in [0.3, 0.4) is 0 Å². The number of hydrogen-bond acceptors (Lipinski definition) is 3. The van der Waals surface area contributed by atoms with Crippen LogP contribution in [0.15, 0.2) is 30.3 Å². The average molecular weight is 320 g/mol. The minimum atomic E-state index is -0.361. The summed E-state index contributed by atoms with van der Waals surface area (Å²) >= 11 is 5.10. The van der Waals surface area contributed by atoms with Crippen molar-refractivity contribution < 1.29 is 9.59 Å². The van der Waals surface area contributed by atoms with Gasteiger partial charge in [-0.3, -0.25) is 20.4 Å². The third-order valence-corrected chi connectivity index (χ3v) is 3.67. The highest BCUT2D eigenvalue weighted by atomic mass is 32.1. The van der Waals surface area contributed by atoms with Crippen LogP contribution < -0.4 is 21.5 Å². The van der Waals surface area contributed by atoms with Crippen LogP contribution in [-0.4, -0.2) is 29.5 Å². The van der Waals surface area contributed by atoms with Crippen LogP contribution in [0.1, 0.15) is 36.0 Å². The van der Waals surface area contributed by atoms with Crippen molar-refractivity contribution in [1.82, 2.24) is 21.5 Å². The maximum atomic E-state index is 11.8. The molecule has 0 radical (unpaired) electrons. The van der Waals surface area contributed by atoms with Crippen LogP contribution in [0.4, 0.5) is 0 Å². The number of rotatable bonds is 4. The van der Waals surface area contributed by atoms with E-state index >= 15 is 0 Å². The van der Waals surface area contributed by atoms with Gasteiger partial charge in [0.05, 0.1) is 6.54 Å². The maximum Gasteiger partial charge on any atom is 0.257 e. The number of thiocarbonyl (C=S) groups is 1. The largest absolute Gasteiger partial charge is 0.359 e. The van der Waals surface area contributed by atoms with E-state index in [1.54, 1.807) is 24.3 Å². The minimum absolute atomic E-state index is 0.118. The highest BCUT2D eigenvalue weighted by Gasteiger charge is 2.15. The maximum absolute atomic E-state index is 11.8. The van der Waals surface area contributed by atoms with Gasteiger partial charge in [0.2, 0.25) is 0 Å². The number of carbonyl (C=O) groups is 2. The number of hydrazine groups is 1. The summed E-state index contributed by atoms with van der Waals surface area (Å²) in [5, 5.41) is 6.08. The van der Waals surface area contributed by atoms with Crippen molar-refractivity contribution in [2.45, 2.75) is 31.7 Å². The first-order valence-corrected chi connectivity index (χ1v) is 7.74. The molecule has 22 heavy (non-hydrogen) atoms. The molecule has 6 nitrogen and oxygen atoms in total. The fourth-order valence-electron chi connectivity index (χ4n) is 2.31. The zero-order valence-electron chi connectivity index (χ0n) is 12.2. The predicted octanol–water partition coefficient (Wildman–Crippen LogP) is 0.854. The normalized spacial score (nSPS) is 14.2. The van der Waals surface area contributed by atoms with E-state index in [4.69, 9.17) is 12.2 Å². The van der Waals surface area contributed by atoms with Gasteiger partial charge in [-0.25, -0.2) is 0 Å². The van der Waals surface area contributed by atoms with Crippen LogP contribution in [0.2, 0.25) is 0 Å². The molecular weight excluding hydrogens is 300 g/mol. The number of nitrogens with one attached hydrogen (secondary N) is 4. The SMILES string of the molecule is O=C(CNC(=O)c1ccccc1)NNC(=S)NC1CCCC1. The quantitative estimate of drug-likeness (QED) is 0.488.